The minimum atomic E-state index is -0.0291. The number of aromatic nitrogens is 2. The van der Waals surface area contributed by atoms with E-state index in [1.165, 1.54) is 12.8 Å². The molecule has 34 heavy (non-hydrogen) atoms. The fourth-order valence-corrected chi connectivity index (χ4v) is 5.78. The Kier molecular flexibility index (Phi) is 5.97. The normalized spacial score (nSPS) is 22.1. The number of benzene rings is 1. The Bertz CT molecular complexity index is 1220. The van der Waals surface area contributed by atoms with Gasteiger partial charge < -0.3 is 4.90 Å². The van der Waals surface area contributed by atoms with Crippen LogP contribution in [0.3, 0.4) is 0 Å². The number of pyridine rings is 2. The first-order valence-electron chi connectivity index (χ1n) is 12.2. The maximum Gasteiger partial charge on any atom is 0.253 e. The topological polar surface area (TPSA) is 46.1 Å². The molecule has 176 valence electrons. The van der Waals surface area contributed by atoms with Gasteiger partial charge in [-0.15, -0.1) is 0 Å². The van der Waals surface area contributed by atoms with Crippen LogP contribution in [0.1, 0.15) is 56.6 Å². The molecule has 4 nitrogen and oxygen atoms in total. The van der Waals surface area contributed by atoms with Gasteiger partial charge in [0.15, 0.2) is 0 Å². The van der Waals surface area contributed by atoms with Crippen molar-refractivity contribution in [1.29, 1.82) is 0 Å². The molecule has 1 aromatic carbocycles. The lowest BCUT2D eigenvalue weighted by molar-refractivity contribution is 0.0588. The highest BCUT2D eigenvalue weighted by Crippen LogP contribution is 2.42. The maximum absolute atomic E-state index is 13.2. The van der Waals surface area contributed by atoms with Gasteiger partial charge in [-0.2, -0.15) is 0 Å². The highest BCUT2D eigenvalue weighted by molar-refractivity contribution is 6.33. The van der Waals surface area contributed by atoms with Gasteiger partial charge in [0.1, 0.15) is 0 Å². The Labute approximate surface area is 207 Å². The van der Waals surface area contributed by atoms with Crippen LogP contribution >= 0.6 is 11.6 Å². The van der Waals surface area contributed by atoms with Crippen LogP contribution in [0.15, 0.2) is 55.0 Å². The Morgan fingerprint density at radius 1 is 0.971 bits per heavy atom. The predicted molar refractivity (Wildman–Crippen MR) is 138 cm³/mol. The van der Waals surface area contributed by atoms with Crippen molar-refractivity contribution in [2.75, 3.05) is 13.1 Å². The smallest absolute Gasteiger partial charge is 0.253 e. The van der Waals surface area contributed by atoms with E-state index < -0.39 is 0 Å². The number of nitrogens with zero attached hydrogens (tertiary/aromatic N) is 3. The first-order chi connectivity index (χ1) is 16.2. The van der Waals surface area contributed by atoms with Crippen LogP contribution in [0.2, 0.25) is 5.02 Å². The number of hydrogen-bond acceptors (Lipinski definition) is 3. The summed E-state index contributed by atoms with van der Waals surface area (Å²) in [5, 5.41) is 0.572. The van der Waals surface area contributed by atoms with Crippen molar-refractivity contribution in [3.8, 4) is 22.3 Å². The lowest BCUT2D eigenvalue weighted by Gasteiger charge is -2.36. The second-order valence-corrected chi connectivity index (χ2v) is 11.4. The molecule has 5 rings (SSSR count). The van der Waals surface area contributed by atoms with Gasteiger partial charge in [-0.3, -0.25) is 14.8 Å². The standard InChI is InChI=1S/C29H32ClN3O/c1-18-21-5-6-22(18)17-33(16-21)28(34)20-7-8-25(26(30)12-20)24-11-23(14-31-15-24)19-9-10-32-27(13-19)29(2,3)4/h7-15,18,21-22H,5-6,16-17H2,1-4H3. The molecule has 2 atom stereocenters. The number of halogens is 1. The molecule has 2 unspecified atom stereocenters. The lowest BCUT2D eigenvalue weighted by Crippen LogP contribution is -2.44. The SMILES string of the molecule is CC1C2CCC1CN(C(=O)c1ccc(-c3cncc(-c4ccnc(C(C)(C)C)c4)c3)c(Cl)c1)C2. The molecule has 1 aliphatic carbocycles. The quantitative estimate of drug-likeness (QED) is 0.416. The van der Waals surface area contributed by atoms with Crippen LogP contribution in [0.4, 0.5) is 0 Å². The molecule has 5 heteroatoms. The lowest BCUT2D eigenvalue weighted by atomic mass is 9.86. The summed E-state index contributed by atoms with van der Waals surface area (Å²) in [6, 6.07) is 11.9. The van der Waals surface area contributed by atoms with Gasteiger partial charge in [-0.1, -0.05) is 45.4 Å². The molecule has 1 amide bonds. The van der Waals surface area contributed by atoms with E-state index in [4.69, 9.17) is 11.6 Å². The highest BCUT2D eigenvalue weighted by Gasteiger charge is 2.40. The fourth-order valence-electron chi connectivity index (χ4n) is 5.49. The third kappa shape index (κ3) is 4.36. The Hall–Kier alpha value is -2.72. The van der Waals surface area contributed by atoms with Gasteiger partial charge in [0, 0.05) is 70.1 Å². The van der Waals surface area contributed by atoms with E-state index in [0.29, 0.717) is 22.4 Å². The summed E-state index contributed by atoms with van der Waals surface area (Å²) in [6.45, 7) is 10.5. The maximum atomic E-state index is 13.2. The molecule has 1 aliphatic heterocycles. The second kappa shape index (κ2) is 8.81. The summed E-state index contributed by atoms with van der Waals surface area (Å²) in [5.41, 5.74) is 5.57. The minimum Gasteiger partial charge on any atom is -0.338 e. The second-order valence-electron chi connectivity index (χ2n) is 11.0. The highest BCUT2D eigenvalue weighted by atomic mass is 35.5. The van der Waals surface area contributed by atoms with E-state index in [2.05, 4.69) is 49.8 Å². The van der Waals surface area contributed by atoms with Crippen molar-refractivity contribution >= 4 is 17.5 Å². The van der Waals surface area contributed by atoms with Crippen molar-refractivity contribution in [2.24, 2.45) is 17.8 Å². The summed E-state index contributed by atoms with van der Waals surface area (Å²) < 4.78 is 0. The van der Waals surface area contributed by atoms with Crippen molar-refractivity contribution in [3.63, 3.8) is 0 Å². The van der Waals surface area contributed by atoms with Gasteiger partial charge in [0.2, 0.25) is 0 Å². The van der Waals surface area contributed by atoms with Gasteiger partial charge in [0.25, 0.3) is 5.91 Å². The van der Waals surface area contributed by atoms with Crippen molar-refractivity contribution < 1.29 is 4.79 Å². The van der Waals surface area contributed by atoms with Crippen LogP contribution in [-0.4, -0.2) is 33.9 Å². The summed E-state index contributed by atoms with van der Waals surface area (Å²) in [7, 11) is 0. The third-order valence-electron chi connectivity index (χ3n) is 7.72. The summed E-state index contributed by atoms with van der Waals surface area (Å²) >= 11 is 6.71. The Balaban J connectivity index is 1.40. The van der Waals surface area contributed by atoms with Gasteiger partial charge in [0.05, 0.1) is 0 Å². The van der Waals surface area contributed by atoms with E-state index in [1.807, 2.05) is 47.8 Å². The first kappa shape index (κ1) is 23.0. The van der Waals surface area contributed by atoms with Crippen LogP contribution in [0.25, 0.3) is 22.3 Å². The molecule has 1 saturated carbocycles. The molecular weight excluding hydrogens is 442 g/mol. The summed E-state index contributed by atoms with van der Waals surface area (Å²) in [4.78, 5) is 24.3. The van der Waals surface area contributed by atoms with Crippen molar-refractivity contribution in [2.45, 2.75) is 46.0 Å². The van der Waals surface area contributed by atoms with Crippen LogP contribution < -0.4 is 0 Å². The monoisotopic (exact) mass is 473 g/mol. The molecule has 0 radical (unpaired) electrons. The molecule has 0 N–H and O–H groups in total. The molecule has 0 spiro atoms. The number of carbonyl (C=O) groups is 1. The van der Waals surface area contributed by atoms with Crippen molar-refractivity contribution in [3.05, 3.63) is 71.3 Å². The van der Waals surface area contributed by atoms with Crippen LogP contribution in [-0.2, 0) is 5.41 Å². The van der Waals surface area contributed by atoms with Crippen LogP contribution in [0, 0.1) is 17.8 Å². The molecule has 2 aromatic heterocycles. The molecule has 3 heterocycles. The summed E-state index contributed by atoms with van der Waals surface area (Å²) in [6.07, 6.45) is 8.02. The number of hydrogen-bond donors (Lipinski definition) is 0. The Morgan fingerprint density at radius 3 is 2.35 bits per heavy atom. The minimum absolute atomic E-state index is 0.0291. The molecule has 1 saturated heterocycles. The molecule has 3 aromatic rings. The van der Waals surface area contributed by atoms with E-state index >= 15 is 0 Å². The van der Waals surface area contributed by atoms with E-state index in [0.717, 1.165) is 47.0 Å². The zero-order valence-electron chi connectivity index (χ0n) is 20.4. The van der Waals surface area contributed by atoms with Gasteiger partial charge in [-0.25, -0.2) is 0 Å². The predicted octanol–water partition coefficient (Wildman–Crippen LogP) is 6.88. The third-order valence-corrected chi connectivity index (χ3v) is 8.03. The van der Waals surface area contributed by atoms with Crippen molar-refractivity contribution in [1.82, 2.24) is 14.9 Å². The largest absolute Gasteiger partial charge is 0.338 e. The van der Waals surface area contributed by atoms with Gasteiger partial charge >= 0.3 is 0 Å². The molecule has 2 fully saturated rings. The average Bonchev–Trinajstić information content (AvgIpc) is 3.03. The number of likely N-dealkylation sites (tertiary alicyclic amines) is 1. The zero-order valence-corrected chi connectivity index (χ0v) is 21.1. The van der Waals surface area contributed by atoms with Gasteiger partial charge in [-0.05, 0) is 66.5 Å². The molecular formula is C29H32ClN3O. The number of amides is 1. The van der Waals surface area contributed by atoms with Crippen LogP contribution in [0.5, 0.6) is 0 Å². The number of carbonyl (C=O) groups excluding carboxylic acids is 1. The number of rotatable bonds is 3. The fraction of sp³-hybridized carbons (Fsp3) is 0.414. The number of piperidine rings is 1. The number of fused-ring (bicyclic) bond motifs is 2. The van der Waals surface area contributed by atoms with E-state index in [-0.39, 0.29) is 11.3 Å². The average molecular weight is 474 g/mol. The molecule has 2 aliphatic rings. The summed E-state index contributed by atoms with van der Waals surface area (Å²) in [5.74, 6) is 2.10. The van der Waals surface area contributed by atoms with E-state index in [1.54, 1.807) is 0 Å². The first-order valence-corrected chi connectivity index (χ1v) is 12.6. The van der Waals surface area contributed by atoms with E-state index in [9.17, 15) is 4.79 Å². The molecule has 2 bridgehead atoms. The Morgan fingerprint density at radius 2 is 1.68 bits per heavy atom. The zero-order chi connectivity index (χ0) is 24.0.